The van der Waals surface area contributed by atoms with Crippen LogP contribution < -0.4 is 11.3 Å². The van der Waals surface area contributed by atoms with Gasteiger partial charge in [-0.3, -0.25) is 15.1 Å². The second kappa shape index (κ2) is 5.98. The lowest BCUT2D eigenvalue weighted by molar-refractivity contribution is -0.120. The number of nitrogens with one attached hydrogen (secondary N) is 1. The molecular weight excluding hydrogens is 226 g/mol. The number of rotatable bonds is 5. The highest BCUT2D eigenvalue weighted by Gasteiger charge is 2.21. The van der Waals surface area contributed by atoms with E-state index in [1.165, 1.54) is 24.8 Å². The first-order valence-corrected chi connectivity index (χ1v) is 6.46. The Labute approximate surface area is 108 Å². The Morgan fingerprint density at radius 2 is 1.94 bits per heavy atom. The third-order valence-electron chi connectivity index (χ3n) is 3.68. The summed E-state index contributed by atoms with van der Waals surface area (Å²) in [4.78, 5) is 13.5. The van der Waals surface area contributed by atoms with Crippen molar-refractivity contribution in [2.45, 2.75) is 38.3 Å². The van der Waals surface area contributed by atoms with Crippen LogP contribution in [0.25, 0.3) is 0 Å². The number of carbonyl (C=O) groups excluding carboxylic acids is 1. The molecule has 0 saturated heterocycles. The monoisotopic (exact) mass is 247 g/mol. The van der Waals surface area contributed by atoms with Crippen molar-refractivity contribution in [1.82, 2.24) is 10.3 Å². The first kappa shape index (κ1) is 13.1. The van der Waals surface area contributed by atoms with Gasteiger partial charge in [-0.25, -0.2) is 5.84 Å². The molecule has 1 aliphatic carbocycles. The summed E-state index contributed by atoms with van der Waals surface area (Å²) in [7, 11) is 2.18. The third-order valence-corrected chi connectivity index (χ3v) is 3.68. The van der Waals surface area contributed by atoms with Crippen LogP contribution in [0.15, 0.2) is 24.3 Å². The molecule has 0 unspecified atom stereocenters. The topological polar surface area (TPSA) is 58.4 Å². The SMILES string of the molecule is CN(Cc1ccc(CC(=O)NN)cc1)C1CCC1. The molecule has 0 spiro atoms. The zero-order valence-electron chi connectivity index (χ0n) is 10.9. The lowest BCUT2D eigenvalue weighted by Gasteiger charge is -2.34. The zero-order valence-corrected chi connectivity index (χ0v) is 10.9. The molecule has 3 N–H and O–H groups in total. The van der Waals surface area contributed by atoms with Crippen molar-refractivity contribution in [1.29, 1.82) is 0 Å². The predicted octanol–water partition coefficient (Wildman–Crippen LogP) is 1.20. The summed E-state index contributed by atoms with van der Waals surface area (Å²) in [5.41, 5.74) is 4.43. The molecule has 0 radical (unpaired) electrons. The number of nitrogens with zero attached hydrogens (tertiary/aromatic N) is 1. The molecule has 18 heavy (non-hydrogen) atoms. The van der Waals surface area contributed by atoms with Crippen LogP contribution in [0.3, 0.4) is 0 Å². The molecule has 98 valence electrons. The van der Waals surface area contributed by atoms with E-state index in [2.05, 4.69) is 29.5 Å². The number of amides is 1. The fourth-order valence-corrected chi connectivity index (χ4v) is 2.24. The van der Waals surface area contributed by atoms with Crippen molar-refractivity contribution in [3.63, 3.8) is 0 Å². The maximum Gasteiger partial charge on any atom is 0.238 e. The molecule has 4 heteroatoms. The molecule has 1 aliphatic rings. The van der Waals surface area contributed by atoms with E-state index in [0.717, 1.165) is 18.2 Å². The summed E-state index contributed by atoms with van der Waals surface area (Å²) in [6, 6.07) is 8.94. The highest BCUT2D eigenvalue weighted by molar-refractivity contribution is 5.77. The van der Waals surface area contributed by atoms with Gasteiger partial charge in [-0.2, -0.15) is 0 Å². The summed E-state index contributed by atoms with van der Waals surface area (Å²) in [5, 5.41) is 0. The van der Waals surface area contributed by atoms with E-state index < -0.39 is 0 Å². The van der Waals surface area contributed by atoms with E-state index in [1.54, 1.807) is 0 Å². The standard InChI is InChI=1S/C14H21N3O/c1-17(13-3-2-4-13)10-12-7-5-11(6-8-12)9-14(18)16-15/h5-8,13H,2-4,9-10,15H2,1H3,(H,16,18). The number of hydrogen-bond acceptors (Lipinski definition) is 3. The van der Waals surface area contributed by atoms with Gasteiger partial charge in [0.15, 0.2) is 0 Å². The minimum atomic E-state index is -0.158. The summed E-state index contributed by atoms with van der Waals surface area (Å²) < 4.78 is 0. The average Bonchev–Trinajstić information content (AvgIpc) is 2.29. The first-order chi connectivity index (χ1) is 8.69. The maximum absolute atomic E-state index is 11.1. The van der Waals surface area contributed by atoms with Gasteiger partial charge in [0.05, 0.1) is 6.42 Å². The number of hydrogen-bond donors (Lipinski definition) is 2. The third kappa shape index (κ3) is 3.31. The number of hydrazine groups is 1. The minimum absolute atomic E-state index is 0.158. The van der Waals surface area contributed by atoms with Gasteiger partial charge >= 0.3 is 0 Å². The smallest absolute Gasteiger partial charge is 0.238 e. The molecule has 0 atom stereocenters. The summed E-state index contributed by atoms with van der Waals surface area (Å²) >= 11 is 0. The van der Waals surface area contributed by atoms with Gasteiger partial charge in [0.2, 0.25) is 5.91 Å². The van der Waals surface area contributed by atoms with Crippen molar-refractivity contribution in [3.8, 4) is 0 Å². The van der Waals surface area contributed by atoms with Crippen molar-refractivity contribution in [2.75, 3.05) is 7.05 Å². The van der Waals surface area contributed by atoms with Crippen molar-refractivity contribution in [2.24, 2.45) is 5.84 Å². The highest BCUT2D eigenvalue weighted by atomic mass is 16.2. The van der Waals surface area contributed by atoms with Crippen LogP contribution in [0.2, 0.25) is 0 Å². The van der Waals surface area contributed by atoms with Crippen LogP contribution >= 0.6 is 0 Å². The molecule has 2 rings (SSSR count). The van der Waals surface area contributed by atoms with Crippen LogP contribution in [0.1, 0.15) is 30.4 Å². The maximum atomic E-state index is 11.1. The van der Waals surface area contributed by atoms with Crippen molar-refractivity contribution < 1.29 is 4.79 Å². The summed E-state index contributed by atoms with van der Waals surface area (Å²) in [6.07, 6.45) is 4.36. The van der Waals surface area contributed by atoms with Crippen molar-refractivity contribution in [3.05, 3.63) is 35.4 Å². The van der Waals surface area contributed by atoms with Crippen molar-refractivity contribution >= 4 is 5.91 Å². The molecule has 1 amide bonds. The minimum Gasteiger partial charge on any atom is -0.299 e. The second-order valence-electron chi connectivity index (χ2n) is 5.06. The molecule has 1 aromatic rings. The second-order valence-corrected chi connectivity index (χ2v) is 5.06. The van der Waals surface area contributed by atoms with Gasteiger partial charge in [0.1, 0.15) is 0 Å². The Balaban J connectivity index is 1.88. The Hall–Kier alpha value is -1.39. The lowest BCUT2D eigenvalue weighted by atomic mass is 9.91. The Kier molecular flexibility index (Phi) is 4.33. The lowest BCUT2D eigenvalue weighted by Crippen LogP contribution is -2.36. The zero-order chi connectivity index (χ0) is 13.0. The Morgan fingerprint density at radius 1 is 1.33 bits per heavy atom. The molecular formula is C14H21N3O. The molecule has 1 saturated carbocycles. The average molecular weight is 247 g/mol. The molecule has 1 fully saturated rings. The van der Waals surface area contributed by atoms with Crippen LogP contribution in [-0.2, 0) is 17.8 Å². The van der Waals surface area contributed by atoms with E-state index >= 15 is 0 Å². The largest absolute Gasteiger partial charge is 0.299 e. The molecule has 4 nitrogen and oxygen atoms in total. The fraction of sp³-hybridized carbons (Fsp3) is 0.500. The summed E-state index contributed by atoms with van der Waals surface area (Å²) in [6.45, 7) is 0.980. The van der Waals surface area contributed by atoms with Crippen LogP contribution in [0.5, 0.6) is 0 Å². The normalized spacial score (nSPS) is 15.5. The molecule has 0 aliphatic heterocycles. The molecule has 0 aromatic heterocycles. The van der Waals surface area contributed by atoms with E-state index in [9.17, 15) is 4.79 Å². The van der Waals surface area contributed by atoms with Gasteiger partial charge in [-0.1, -0.05) is 30.7 Å². The van der Waals surface area contributed by atoms with Gasteiger partial charge < -0.3 is 0 Å². The van der Waals surface area contributed by atoms with Crippen LogP contribution in [0, 0.1) is 0 Å². The van der Waals surface area contributed by atoms with Gasteiger partial charge in [-0.15, -0.1) is 0 Å². The number of carbonyl (C=O) groups is 1. The Bertz CT molecular complexity index is 398. The van der Waals surface area contributed by atoms with E-state index in [-0.39, 0.29) is 5.91 Å². The first-order valence-electron chi connectivity index (χ1n) is 6.46. The van der Waals surface area contributed by atoms with Crippen LogP contribution in [-0.4, -0.2) is 23.9 Å². The Morgan fingerprint density at radius 3 is 2.44 bits per heavy atom. The van der Waals surface area contributed by atoms with Gasteiger partial charge in [-0.05, 0) is 31.0 Å². The van der Waals surface area contributed by atoms with E-state index in [0.29, 0.717) is 6.42 Å². The van der Waals surface area contributed by atoms with E-state index in [4.69, 9.17) is 5.84 Å². The van der Waals surface area contributed by atoms with E-state index in [1.807, 2.05) is 12.1 Å². The predicted molar refractivity (Wildman–Crippen MR) is 71.6 cm³/mol. The van der Waals surface area contributed by atoms with Gasteiger partial charge in [0.25, 0.3) is 0 Å². The van der Waals surface area contributed by atoms with Crippen LogP contribution in [0.4, 0.5) is 0 Å². The number of nitrogens with two attached hydrogens (primary N) is 1. The molecule has 0 heterocycles. The quantitative estimate of drug-likeness (QED) is 0.467. The molecule has 1 aromatic carbocycles. The van der Waals surface area contributed by atoms with Gasteiger partial charge in [0, 0.05) is 12.6 Å². The fourth-order valence-electron chi connectivity index (χ4n) is 2.24. The molecule has 0 bridgehead atoms. The summed E-state index contributed by atoms with van der Waals surface area (Å²) in [5.74, 6) is 4.91. The highest BCUT2D eigenvalue weighted by Crippen LogP contribution is 2.24. The number of benzene rings is 1.